The fourth-order valence-electron chi connectivity index (χ4n) is 3.25. The number of nitrogens with one attached hydrogen (secondary N) is 1. The van der Waals surface area contributed by atoms with Gasteiger partial charge in [-0.25, -0.2) is 4.98 Å². The van der Waals surface area contributed by atoms with Crippen molar-refractivity contribution in [2.24, 2.45) is 0 Å². The summed E-state index contributed by atoms with van der Waals surface area (Å²) in [5.41, 5.74) is 3.98. The van der Waals surface area contributed by atoms with Crippen LogP contribution in [0.15, 0.2) is 47.1 Å². The Morgan fingerprint density at radius 3 is 2.80 bits per heavy atom. The Morgan fingerprint density at radius 2 is 2.10 bits per heavy atom. The summed E-state index contributed by atoms with van der Waals surface area (Å²) in [6.45, 7) is 4.78. The fourth-order valence-corrected chi connectivity index (χ4v) is 3.49. The van der Waals surface area contributed by atoms with Crippen LogP contribution in [0.25, 0.3) is 11.0 Å². The predicted octanol–water partition coefficient (Wildman–Crippen LogP) is 3.89. The molecule has 4 aromatic rings. The molecule has 0 atom stereocenters. The van der Waals surface area contributed by atoms with Crippen molar-refractivity contribution in [3.8, 4) is 6.07 Å². The highest BCUT2D eigenvalue weighted by Crippen LogP contribution is 2.23. The first-order valence-corrected chi connectivity index (χ1v) is 10.1. The Hall–Kier alpha value is -3.51. The summed E-state index contributed by atoms with van der Waals surface area (Å²) in [6, 6.07) is 13.0. The molecule has 0 fully saturated rings. The molecule has 0 radical (unpaired) electrons. The summed E-state index contributed by atoms with van der Waals surface area (Å²) >= 11 is 3.39. The van der Waals surface area contributed by atoms with Gasteiger partial charge in [-0.1, -0.05) is 0 Å². The zero-order valence-corrected chi connectivity index (χ0v) is 18.0. The zero-order chi connectivity index (χ0) is 21.3. The molecule has 3 aromatic heterocycles. The normalized spacial score (nSPS) is 10.9. The lowest BCUT2D eigenvalue weighted by Gasteiger charge is -2.10. The number of nitrogens with zero attached hydrogens (tertiary/aromatic N) is 6. The van der Waals surface area contributed by atoms with Gasteiger partial charge in [0.2, 0.25) is 5.95 Å². The van der Waals surface area contributed by atoms with Crippen molar-refractivity contribution in [3.63, 3.8) is 0 Å². The van der Waals surface area contributed by atoms with Crippen molar-refractivity contribution in [1.82, 2.24) is 24.3 Å². The number of halogens is 1. The second-order valence-corrected chi connectivity index (χ2v) is 7.66. The number of pyridine rings is 1. The van der Waals surface area contributed by atoms with Gasteiger partial charge < -0.3 is 4.57 Å². The monoisotopic (exact) mass is 463 g/mol. The molecule has 150 valence electrons. The lowest BCUT2D eigenvalue weighted by Crippen LogP contribution is -2.20. The molecule has 0 spiro atoms. The van der Waals surface area contributed by atoms with Crippen molar-refractivity contribution >= 4 is 38.8 Å². The van der Waals surface area contributed by atoms with Crippen LogP contribution in [0, 0.1) is 18.3 Å². The number of nitriles is 1. The van der Waals surface area contributed by atoms with E-state index in [9.17, 15) is 10.1 Å². The summed E-state index contributed by atoms with van der Waals surface area (Å²) in [5, 5.41) is 16.4. The molecule has 1 N–H and O–H groups in total. The zero-order valence-electron chi connectivity index (χ0n) is 16.4. The molecular weight excluding hydrogens is 446 g/mol. The Kier molecular flexibility index (Phi) is 5.33. The summed E-state index contributed by atoms with van der Waals surface area (Å²) < 4.78 is 4.42. The van der Waals surface area contributed by atoms with Gasteiger partial charge in [-0.2, -0.15) is 10.4 Å². The minimum Gasteiger partial charge on any atom is -0.304 e. The SMILES string of the molecule is CCn1nc(C)cc1C(=O)Nc1nc2cc(C#N)ccc2n1Cc1ccc(Br)cn1. The van der Waals surface area contributed by atoms with E-state index in [0.29, 0.717) is 35.8 Å². The largest absolute Gasteiger partial charge is 0.304 e. The molecule has 3 heterocycles. The highest BCUT2D eigenvalue weighted by molar-refractivity contribution is 9.10. The molecule has 0 bridgehead atoms. The number of hydrogen-bond acceptors (Lipinski definition) is 5. The molecule has 9 heteroatoms. The number of anilines is 1. The van der Waals surface area contributed by atoms with Gasteiger partial charge in [0, 0.05) is 17.2 Å². The van der Waals surface area contributed by atoms with E-state index < -0.39 is 0 Å². The summed E-state index contributed by atoms with van der Waals surface area (Å²) in [5.74, 6) is 0.0922. The second-order valence-electron chi connectivity index (χ2n) is 6.75. The number of amides is 1. The number of aryl methyl sites for hydroxylation is 2. The first-order chi connectivity index (χ1) is 14.5. The molecule has 0 aliphatic rings. The minimum atomic E-state index is -0.293. The second kappa shape index (κ2) is 8.08. The Bertz CT molecular complexity index is 1280. The molecule has 1 amide bonds. The third-order valence-corrected chi connectivity index (χ3v) is 5.11. The van der Waals surface area contributed by atoms with Crippen molar-refractivity contribution in [2.75, 3.05) is 5.32 Å². The fraction of sp³-hybridized carbons (Fsp3) is 0.190. The summed E-state index contributed by atoms with van der Waals surface area (Å²) in [4.78, 5) is 22.0. The Labute approximate surface area is 181 Å². The van der Waals surface area contributed by atoms with E-state index in [4.69, 9.17) is 0 Å². The lowest BCUT2D eigenvalue weighted by atomic mass is 10.2. The van der Waals surface area contributed by atoms with E-state index in [0.717, 1.165) is 21.4 Å². The third-order valence-electron chi connectivity index (χ3n) is 4.65. The first-order valence-electron chi connectivity index (χ1n) is 9.35. The number of carbonyl (C=O) groups excluding carboxylic acids is 1. The van der Waals surface area contributed by atoms with E-state index in [1.807, 2.05) is 36.6 Å². The lowest BCUT2D eigenvalue weighted by molar-refractivity contribution is 0.101. The number of fused-ring (bicyclic) bond motifs is 1. The summed E-state index contributed by atoms with van der Waals surface area (Å²) in [7, 11) is 0. The number of benzene rings is 1. The average molecular weight is 464 g/mol. The molecule has 0 unspecified atom stereocenters. The van der Waals surface area contributed by atoms with Crippen LogP contribution >= 0.6 is 15.9 Å². The van der Waals surface area contributed by atoms with Gasteiger partial charge >= 0.3 is 0 Å². The van der Waals surface area contributed by atoms with E-state index >= 15 is 0 Å². The summed E-state index contributed by atoms with van der Waals surface area (Å²) in [6.07, 6.45) is 1.73. The van der Waals surface area contributed by atoms with Gasteiger partial charge in [0.1, 0.15) is 5.69 Å². The topological polar surface area (TPSA) is 101 Å². The van der Waals surface area contributed by atoms with E-state index in [1.165, 1.54) is 0 Å². The van der Waals surface area contributed by atoms with Gasteiger partial charge in [-0.05, 0) is 66.2 Å². The van der Waals surface area contributed by atoms with Crippen LogP contribution in [0.4, 0.5) is 5.95 Å². The maximum absolute atomic E-state index is 13.0. The quantitative estimate of drug-likeness (QED) is 0.483. The molecule has 0 aliphatic carbocycles. The van der Waals surface area contributed by atoms with Gasteiger partial charge in [0.05, 0.1) is 40.6 Å². The van der Waals surface area contributed by atoms with Crippen LogP contribution in [-0.2, 0) is 13.1 Å². The van der Waals surface area contributed by atoms with Crippen molar-refractivity contribution < 1.29 is 4.79 Å². The van der Waals surface area contributed by atoms with Crippen molar-refractivity contribution in [3.05, 3.63) is 69.7 Å². The molecular formula is C21H18BrN7O. The Balaban J connectivity index is 1.76. The highest BCUT2D eigenvalue weighted by atomic mass is 79.9. The predicted molar refractivity (Wildman–Crippen MR) is 116 cm³/mol. The molecule has 0 aliphatic heterocycles. The number of aromatic nitrogens is 5. The van der Waals surface area contributed by atoms with Crippen LogP contribution in [-0.4, -0.2) is 30.2 Å². The molecule has 4 rings (SSSR count). The van der Waals surface area contributed by atoms with Gasteiger partial charge in [0.15, 0.2) is 0 Å². The van der Waals surface area contributed by atoms with Crippen LogP contribution in [0.5, 0.6) is 0 Å². The first kappa shape index (κ1) is 19.8. The average Bonchev–Trinajstić information content (AvgIpc) is 3.29. The van der Waals surface area contributed by atoms with Gasteiger partial charge in [-0.3, -0.25) is 19.8 Å². The number of carbonyl (C=O) groups is 1. The highest BCUT2D eigenvalue weighted by Gasteiger charge is 2.18. The molecule has 1 aromatic carbocycles. The van der Waals surface area contributed by atoms with Crippen molar-refractivity contribution in [1.29, 1.82) is 5.26 Å². The Morgan fingerprint density at radius 1 is 1.27 bits per heavy atom. The van der Waals surface area contributed by atoms with Crippen molar-refractivity contribution in [2.45, 2.75) is 26.9 Å². The molecule has 8 nitrogen and oxygen atoms in total. The van der Waals surface area contributed by atoms with Crippen LogP contribution in [0.2, 0.25) is 0 Å². The number of hydrogen-bond donors (Lipinski definition) is 1. The van der Waals surface area contributed by atoms with E-state index in [-0.39, 0.29) is 5.91 Å². The molecule has 0 saturated heterocycles. The van der Waals surface area contributed by atoms with Gasteiger partial charge in [0.25, 0.3) is 5.91 Å². The standard InChI is InChI=1S/C21H18BrN7O/c1-3-29-19(8-13(2)27-29)20(30)26-21-25-17-9-14(10-23)4-7-18(17)28(21)12-16-6-5-15(22)11-24-16/h4-9,11H,3,12H2,1-2H3,(H,25,26,30). The molecule has 0 saturated carbocycles. The maximum atomic E-state index is 13.0. The van der Waals surface area contributed by atoms with Crippen LogP contribution < -0.4 is 5.32 Å². The van der Waals surface area contributed by atoms with E-state index in [1.54, 1.807) is 29.1 Å². The van der Waals surface area contributed by atoms with E-state index in [2.05, 4.69) is 42.4 Å². The number of imidazole rings is 1. The number of rotatable bonds is 5. The van der Waals surface area contributed by atoms with Crippen LogP contribution in [0.3, 0.4) is 0 Å². The minimum absolute atomic E-state index is 0.293. The van der Waals surface area contributed by atoms with Crippen LogP contribution in [0.1, 0.15) is 34.4 Å². The molecule has 30 heavy (non-hydrogen) atoms. The smallest absolute Gasteiger partial charge is 0.276 e. The maximum Gasteiger partial charge on any atom is 0.276 e. The van der Waals surface area contributed by atoms with Gasteiger partial charge in [-0.15, -0.1) is 0 Å². The third kappa shape index (κ3) is 3.82.